The molecule has 4 heteroatoms. The SMILES string of the molecule is N#Cc1ccc2c(c1)c1ccccc1n2-c1ccc(-c2ccc3c(c2)nc(-c2ccccc2)c2ccc4c(c23)-c2ccccc2C42c3ccccc3Sc3ccccc32)cc1. The zero-order valence-electron chi connectivity index (χ0n) is 32.8. The molecule has 282 valence electrons. The summed E-state index contributed by atoms with van der Waals surface area (Å²) in [5.41, 5.74) is 16.7. The van der Waals surface area contributed by atoms with Crippen LogP contribution in [0, 0.1) is 11.3 Å². The highest BCUT2D eigenvalue weighted by molar-refractivity contribution is 7.99. The molecule has 0 amide bonds. The van der Waals surface area contributed by atoms with E-state index in [9.17, 15) is 5.26 Å². The van der Waals surface area contributed by atoms with Crippen LogP contribution in [-0.2, 0) is 5.41 Å². The van der Waals surface area contributed by atoms with E-state index in [0.29, 0.717) is 5.56 Å². The molecule has 0 bridgehead atoms. The highest BCUT2D eigenvalue weighted by Gasteiger charge is 2.50. The van der Waals surface area contributed by atoms with Gasteiger partial charge in [0.25, 0.3) is 0 Å². The van der Waals surface area contributed by atoms with Gasteiger partial charge in [0, 0.05) is 48.0 Å². The highest BCUT2D eigenvalue weighted by atomic mass is 32.2. The molecule has 0 saturated heterocycles. The van der Waals surface area contributed by atoms with Crippen LogP contribution >= 0.6 is 11.8 Å². The standard InChI is InChI=1S/C57H33N3S/c58-34-35-22-31-51-44(32-35)40-14-5-9-19-50(40)60(51)39-26-23-36(24-27-39)38-25-28-42-49(33-38)59-56(37-12-2-1-3-13-37)43-29-30-48-55(54(42)43)41-15-4-6-16-45(41)57(48)46-17-7-10-20-52(46)61-53-21-11-8-18-47(53)57/h1-33H. The summed E-state index contributed by atoms with van der Waals surface area (Å²) in [6.07, 6.45) is 0. The number of nitriles is 1. The number of fused-ring (bicyclic) bond motifs is 16. The third kappa shape index (κ3) is 4.73. The van der Waals surface area contributed by atoms with Gasteiger partial charge in [0.05, 0.1) is 39.3 Å². The van der Waals surface area contributed by atoms with Gasteiger partial charge in [-0.25, -0.2) is 4.98 Å². The number of benzene rings is 9. The third-order valence-corrected chi connectivity index (χ3v) is 14.2. The van der Waals surface area contributed by atoms with E-state index in [1.165, 1.54) is 48.6 Å². The molecule has 0 saturated carbocycles. The zero-order chi connectivity index (χ0) is 40.2. The molecular weight excluding hydrogens is 759 g/mol. The van der Waals surface area contributed by atoms with Crippen LogP contribution in [0.2, 0.25) is 0 Å². The van der Waals surface area contributed by atoms with E-state index in [1.807, 2.05) is 23.9 Å². The van der Waals surface area contributed by atoms with Gasteiger partial charge < -0.3 is 4.57 Å². The second kappa shape index (κ2) is 12.9. The molecule has 0 radical (unpaired) electrons. The van der Waals surface area contributed by atoms with Crippen LogP contribution in [0.5, 0.6) is 0 Å². The molecule has 0 atom stereocenters. The van der Waals surface area contributed by atoms with Crippen molar-refractivity contribution in [3.05, 3.63) is 228 Å². The van der Waals surface area contributed by atoms with E-state index in [2.05, 4.69) is 199 Å². The minimum Gasteiger partial charge on any atom is -0.309 e. The number of nitrogens with zero attached hydrogens (tertiary/aromatic N) is 3. The van der Waals surface area contributed by atoms with Crippen LogP contribution in [0.15, 0.2) is 210 Å². The maximum absolute atomic E-state index is 9.66. The molecule has 2 aromatic heterocycles. The average Bonchev–Trinajstić information content (AvgIpc) is 3.82. The first-order valence-corrected chi connectivity index (χ1v) is 21.5. The van der Waals surface area contributed by atoms with Gasteiger partial charge in [0.2, 0.25) is 0 Å². The normalized spacial score (nSPS) is 13.3. The second-order valence-electron chi connectivity index (χ2n) is 16.1. The van der Waals surface area contributed by atoms with Crippen molar-refractivity contribution < 1.29 is 0 Å². The lowest BCUT2D eigenvalue weighted by Crippen LogP contribution is -2.31. The van der Waals surface area contributed by atoms with Crippen molar-refractivity contribution in [3.63, 3.8) is 0 Å². The van der Waals surface area contributed by atoms with Crippen molar-refractivity contribution in [2.75, 3.05) is 0 Å². The van der Waals surface area contributed by atoms with E-state index in [-0.39, 0.29) is 0 Å². The maximum atomic E-state index is 9.66. The molecular formula is C57H33N3S. The van der Waals surface area contributed by atoms with Gasteiger partial charge in [-0.1, -0.05) is 157 Å². The Labute approximate surface area is 356 Å². The van der Waals surface area contributed by atoms with Crippen molar-refractivity contribution in [1.29, 1.82) is 5.26 Å². The summed E-state index contributed by atoms with van der Waals surface area (Å²) < 4.78 is 2.29. The number of hydrogen-bond acceptors (Lipinski definition) is 3. The first kappa shape index (κ1) is 34.2. The van der Waals surface area contributed by atoms with Gasteiger partial charge in [-0.15, -0.1) is 0 Å². The van der Waals surface area contributed by atoms with Crippen LogP contribution in [0.3, 0.4) is 0 Å². The predicted molar refractivity (Wildman–Crippen MR) is 251 cm³/mol. The van der Waals surface area contributed by atoms with Gasteiger partial charge in [-0.05, 0) is 99.1 Å². The first-order valence-electron chi connectivity index (χ1n) is 20.7. The average molecular weight is 792 g/mol. The summed E-state index contributed by atoms with van der Waals surface area (Å²) in [5, 5.41) is 15.4. The number of pyridine rings is 1. The summed E-state index contributed by atoms with van der Waals surface area (Å²) in [4.78, 5) is 8.13. The maximum Gasteiger partial charge on any atom is 0.0991 e. The van der Waals surface area contributed by atoms with Crippen LogP contribution in [-0.4, -0.2) is 9.55 Å². The Bertz CT molecular complexity index is 3640. The lowest BCUT2D eigenvalue weighted by Gasteiger charge is -2.39. The van der Waals surface area contributed by atoms with E-state index >= 15 is 0 Å². The number of hydrogen-bond donors (Lipinski definition) is 0. The van der Waals surface area contributed by atoms with E-state index < -0.39 is 5.41 Å². The Morgan fingerprint density at radius 2 is 1.13 bits per heavy atom. The molecule has 3 nitrogen and oxygen atoms in total. The van der Waals surface area contributed by atoms with Crippen molar-refractivity contribution >= 4 is 55.2 Å². The predicted octanol–water partition coefficient (Wildman–Crippen LogP) is 14.5. The summed E-state index contributed by atoms with van der Waals surface area (Å²) in [6.45, 7) is 0. The second-order valence-corrected chi connectivity index (χ2v) is 17.2. The molecule has 0 fully saturated rings. The molecule has 61 heavy (non-hydrogen) atoms. The molecule has 2 aliphatic rings. The topological polar surface area (TPSA) is 41.6 Å². The fourth-order valence-corrected chi connectivity index (χ4v) is 11.7. The highest BCUT2D eigenvalue weighted by Crippen LogP contribution is 2.63. The van der Waals surface area contributed by atoms with Crippen LogP contribution in [0.25, 0.3) is 82.7 Å². The Balaban J connectivity index is 1.04. The fraction of sp³-hybridized carbons (Fsp3) is 0.0175. The summed E-state index contributed by atoms with van der Waals surface area (Å²) in [6, 6.07) is 74.9. The Morgan fingerprint density at radius 3 is 1.92 bits per heavy atom. The van der Waals surface area contributed by atoms with E-state index in [4.69, 9.17) is 4.98 Å². The number of para-hydroxylation sites is 1. The number of rotatable bonds is 3. The van der Waals surface area contributed by atoms with Gasteiger partial charge in [0.15, 0.2) is 0 Å². The molecule has 3 heterocycles. The van der Waals surface area contributed by atoms with Gasteiger partial charge in [-0.2, -0.15) is 5.26 Å². The molecule has 0 unspecified atom stereocenters. The Hall–Kier alpha value is -7.71. The van der Waals surface area contributed by atoms with Crippen LogP contribution in [0.1, 0.15) is 27.8 Å². The van der Waals surface area contributed by atoms with Crippen molar-refractivity contribution in [1.82, 2.24) is 9.55 Å². The quantitative estimate of drug-likeness (QED) is 0.167. The molecule has 13 rings (SSSR count). The number of aromatic nitrogens is 2. The zero-order valence-corrected chi connectivity index (χ0v) is 33.6. The smallest absolute Gasteiger partial charge is 0.0991 e. The van der Waals surface area contributed by atoms with Gasteiger partial charge in [-0.3, -0.25) is 0 Å². The monoisotopic (exact) mass is 791 g/mol. The molecule has 0 N–H and O–H groups in total. The third-order valence-electron chi connectivity index (χ3n) is 13.1. The summed E-state index contributed by atoms with van der Waals surface area (Å²) in [7, 11) is 0. The lowest BCUT2D eigenvalue weighted by atomic mass is 9.67. The van der Waals surface area contributed by atoms with Crippen molar-refractivity contribution in [3.8, 4) is 45.3 Å². The van der Waals surface area contributed by atoms with Gasteiger partial charge >= 0.3 is 0 Å². The first-order chi connectivity index (χ1) is 30.2. The molecule has 9 aromatic carbocycles. The molecule has 11 aromatic rings. The van der Waals surface area contributed by atoms with E-state index in [0.717, 1.165) is 66.2 Å². The minimum atomic E-state index is -0.461. The Morgan fingerprint density at radius 1 is 0.475 bits per heavy atom. The van der Waals surface area contributed by atoms with Crippen LogP contribution in [0.4, 0.5) is 0 Å². The Kier molecular flexibility index (Phi) is 7.22. The lowest BCUT2D eigenvalue weighted by molar-refractivity contribution is 0.723. The van der Waals surface area contributed by atoms with Crippen molar-refractivity contribution in [2.24, 2.45) is 0 Å². The molecule has 1 aliphatic carbocycles. The summed E-state index contributed by atoms with van der Waals surface area (Å²) in [5.74, 6) is 0. The molecule has 1 spiro atoms. The summed E-state index contributed by atoms with van der Waals surface area (Å²) >= 11 is 1.88. The minimum absolute atomic E-state index is 0.461. The van der Waals surface area contributed by atoms with Gasteiger partial charge in [0.1, 0.15) is 0 Å². The van der Waals surface area contributed by atoms with Crippen LogP contribution < -0.4 is 0 Å². The van der Waals surface area contributed by atoms with Crippen molar-refractivity contribution in [2.45, 2.75) is 15.2 Å². The van der Waals surface area contributed by atoms with E-state index in [1.54, 1.807) is 0 Å². The fourth-order valence-electron chi connectivity index (χ4n) is 10.6. The molecule has 1 aliphatic heterocycles. The largest absolute Gasteiger partial charge is 0.309 e.